The van der Waals surface area contributed by atoms with Gasteiger partial charge < -0.3 is 28.4 Å². The number of methoxy groups -OCH3 is 1. The number of ether oxygens (including phenoxy) is 6. The smallest absolute Gasteiger partial charge is 0.419 e. The lowest BCUT2D eigenvalue weighted by Crippen LogP contribution is -2.37. The van der Waals surface area contributed by atoms with E-state index in [-0.39, 0.29) is 45.5 Å². The van der Waals surface area contributed by atoms with E-state index in [0.717, 1.165) is 21.2 Å². The van der Waals surface area contributed by atoms with Crippen molar-refractivity contribution in [1.82, 2.24) is 4.90 Å². The van der Waals surface area contributed by atoms with Crippen molar-refractivity contribution in [2.75, 3.05) is 33.7 Å². The van der Waals surface area contributed by atoms with E-state index in [4.69, 9.17) is 18.9 Å². The van der Waals surface area contributed by atoms with Gasteiger partial charge in [0.25, 0.3) is 12.9 Å². The average molecular weight is 618 g/mol. The summed E-state index contributed by atoms with van der Waals surface area (Å²) in [6.45, 7) is 4.13. The number of rotatable bonds is 19. The Balaban J connectivity index is 1.77. The van der Waals surface area contributed by atoms with Crippen LogP contribution in [0.25, 0.3) is 10.8 Å². The maximum Gasteiger partial charge on any atom is 0.419 e. The molecule has 0 aliphatic rings. The maximum atomic E-state index is 12.6. The van der Waals surface area contributed by atoms with Crippen molar-refractivity contribution < 1.29 is 57.2 Å². The third-order valence-electron chi connectivity index (χ3n) is 6.64. The molecule has 0 spiro atoms. The van der Waals surface area contributed by atoms with E-state index in [9.17, 15) is 28.8 Å². The molecular weight excluding hydrogens is 578 g/mol. The van der Waals surface area contributed by atoms with Gasteiger partial charge in [0.1, 0.15) is 19.0 Å². The van der Waals surface area contributed by atoms with Gasteiger partial charge in [-0.05, 0) is 53.1 Å². The number of nitrogens with zero attached hydrogens (tertiary/aromatic N) is 1. The van der Waals surface area contributed by atoms with Gasteiger partial charge in [-0.25, -0.2) is 9.69 Å². The number of hydrogen-bond donors (Lipinski definition) is 0. The van der Waals surface area contributed by atoms with Gasteiger partial charge in [0.05, 0.1) is 13.5 Å². The molecule has 0 aliphatic heterocycles. The molecule has 0 aliphatic carbocycles. The molecule has 0 radical (unpaired) electrons. The molecule has 0 saturated heterocycles. The quantitative estimate of drug-likeness (QED) is 0.0974. The minimum Gasteiger partial charge on any atom is -0.497 e. The topological polar surface area (TPSA) is 161 Å². The van der Waals surface area contributed by atoms with Gasteiger partial charge in [-0.15, -0.1) is 0 Å². The van der Waals surface area contributed by atoms with Crippen LogP contribution in [0, 0.1) is 5.41 Å². The number of hydrogen-bond acceptors (Lipinski definition) is 12. The zero-order chi connectivity index (χ0) is 32.5. The van der Waals surface area contributed by atoms with E-state index in [1.165, 1.54) is 6.92 Å². The van der Waals surface area contributed by atoms with Crippen molar-refractivity contribution in [2.45, 2.75) is 59.0 Å². The Kier molecular flexibility index (Phi) is 14.6. The Morgan fingerprint density at radius 1 is 0.955 bits per heavy atom. The SMILES string of the molecule is COc1ccc2cccc(CCN(C(C)=O)C(=O)OCOC(=O)CCCC(C)(C)CC(=O)OC(COC=O)COC=O)c2c1. The molecule has 0 bridgehead atoms. The minimum atomic E-state index is -0.937. The summed E-state index contributed by atoms with van der Waals surface area (Å²) in [6.07, 6.45) is -0.678. The Morgan fingerprint density at radius 2 is 1.66 bits per heavy atom. The number of carbonyl (C=O) groups excluding carboxylic acids is 6. The fourth-order valence-corrected chi connectivity index (χ4v) is 4.39. The largest absolute Gasteiger partial charge is 0.497 e. The normalized spacial score (nSPS) is 10.9. The highest BCUT2D eigenvalue weighted by Crippen LogP contribution is 2.28. The Labute approximate surface area is 255 Å². The van der Waals surface area contributed by atoms with Crippen LogP contribution in [0.15, 0.2) is 36.4 Å². The van der Waals surface area contributed by atoms with Gasteiger partial charge in [-0.3, -0.25) is 24.0 Å². The molecule has 0 heterocycles. The Bertz CT molecular complexity index is 1280. The molecule has 0 atom stereocenters. The summed E-state index contributed by atoms with van der Waals surface area (Å²) >= 11 is 0. The van der Waals surface area contributed by atoms with Crippen LogP contribution in [0.3, 0.4) is 0 Å². The molecule has 13 nitrogen and oxygen atoms in total. The predicted octanol–water partition coefficient (Wildman–Crippen LogP) is 3.72. The molecule has 2 aromatic carbocycles. The van der Waals surface area contributed by atoms with Gasteiger partial charge in [-0.2, -0.15) is 0 Å². The fourth-order valence-electron chi connectivity index (χ4n) is 4.39. The molecule has 240 valence electrons. The molecular formula is C31H39NO12. The Hall–Kier alpha value is -4.68. The molecule has 0 N–H and O–H groups in total. The average Bonchev–Trinajstić information content (AvgIpc) is 2.97. The van der Waals surface area contributed by atoms with E-state index in [1.54, 1.807) is 7.11 Å². The van der Waals surface area contributed by atoms with E-state index in [1.807, 2.05) is 50.2 Å². The van der Waals surface area contributed by atoms with Crippen molar-refractivity contribution >= 4 is 47.7 Å². The molecule has 2 rings (SSSR count). The third-order valence-corrected chi connectivity index (χ3v) is 6.64. The summed E-state index contributed by atoms with van der Waals surface area (Å²) in [5, 5.41) is 1.93. The summed E-state index contributed by atoms with van der Waals surface area (Å²) in [4.78, 5) is 71.0. The molecule has 0 saturated carbocycles. The second-order valence-electron chi connectivity index (χ2n) is 10.6. The van der Waals surface area contributed by atoms with Gasteiger partial charge in [0, 0.05) is 19.9 Å². The number of carbonyl (C=O) groups is 6. The van der Waals surface area contributed by atoms with Crippen LogP contribution in [0.4, 0.5) is 4.79 Å². The van der Waals surface area contributed by atoms with E-state index in [0.29, 0.717) is 25.0 Å². The van der Waals surface area contributed by atoms with Crippen LogP contribution >= 0.6 is 0 Å². The summed E-state index contributed by atoms with van der Waals surface area (Å²) in [5.41, 5.74) is 0.365. The van der Waals surface area contributed by atoms with Gasteiger partial charge in [0.15, 0.2) is 6.10 Å². The van der Waals surface area contributed by atoms with Crippen LogP contribution in [0.5, 0.6) is 5.75 Å². The molecule has 13 heteroatoms. The molecule has 0 aromatic heterocycles. The van der Waals surface area contributed by atoms with Crippen molar-refractivity contribution in [1.29, 1.82) is 0 Å². The van der Waals surface area contributed by atoms with Gasteiger partial charge in [0.2, 0.25) is 12.7 Å². The van der Waals surface area contributed by atoms with E-state index in [2.05, 4.69) is 9.47 Å². The first-order chi connectivity index (χ1) is 21.0. The van der Waals surface area contributed by atoms with E-state index < -0.39 is 42.3 Å². The summed E-state index contributed by atoms with van der Waals surface area (Å²) in [7, 11) is 1.58. The second kappa shape index (κ2) is 18.1. The fraction of sp³-hybridized carbons (Fsp3) is 0.484. The predicted molar refractivity (Wildman–Crippen MR) is 155 cm³/mol. The van der Waals surface area contributed by atoms with Crippen LogP contribution in [0.1, 0.15) is 52.0 Å². The summed E-state index contributed by atoms with van der Waals surface area (Å²) < 4.78 is 29.7. The number of fused-ring (bicyclic) bond motifs is 1. The summed E-state index contributed by atoms with van der Waals surface area (Å²) in [6, 6.07) is 11.4. The molecule has 0 unspecified atom stereocenters. The molecule has 2 aromatic rings. The van der Waals surface area contributed by atoms with Crippen LogP contribution < -0.4 is 4.74 Å². The minimum absolute atomic E-state index is 0.0000307. The molecule has 0 fully saturated rings. The number of amides is 2. The van der Waals surface area contributed by atoms with Crippen molar-refractivity contribution in [3.8, 4) is 5.75 Å². The van der Waals surface area contributed by atoms with Crippen molar-refractivity contribution in [2.24, 2.45) is 5.41 Å². The highest BCUT2D eigenvalue weighted by Gasteiger charge is 2.26. The second-order valence-corrected chi connectivity index (χ2v) is 10.6. The standard InChI is InChI=1S/C31H39NO12/c1-22(35)32(14-12-24-8-5-7-23-10-11-25(39-4)15-27(23)24)30(38)43-21-42-28(36)9-6-13-31(2,3)16-29(37)44-26(17-40-19-33)18-41-20-34/h5,7-8,10-11,15,19-20,26H,6,9,12-14,16-18,21H2,1-4H3. The number of imide groups is 1. The van der Waals surface area contributed by atoms with Crippen molar-refractivity contribution in [3.05, 3.63) is 42.0 Å². The van der Waals surface area contributed by atoms with Crippen LogP contribution in [-0.4, -0.2) is 81.5 Å². The first-order valence-corrected chi connectivity index (χ1v) is 14.0. The first kappa shape index (κ1) is 35.5. The first-order valence-electron chi connectivity index (χ1n) is 14.0. The summed E-state index contributed by atoms with van der Waals surface area (Å²) in [5.74, 6) is -1.03. The maximum absolute atomic E-state index is 12.6. The van der Waals surface area contributed by atoms with Crippen LogP contribution in [-0.2, 0) is 54.1 Å². The highest BCUT2D eigenvalue weighted by atomic mass is 16.7. The highest BCUT2D eigenvalue weighted by molar-refractivity contribution is 5.91. The van der Waals surface area contributed by atoms with E-state index >= 15 is 0 Å². The number of benzene rings is 2. The zero-order valence-electron chi connectivity index (χ0n) is 25.4. The third kappa shape index (κ3) is 12.3. The lowest BCUT2D eigenvalue weighted by atomic mass is 9.84. The lowest BCUT2D eigenvalue weighted by molar-refractivity contribution is -0.162. The monoisotopic (exact) mass is 617 g/mol. The molecule has 2 amide bonds. The number of esters is 2. The van der Waals surface area contributed by atoms with Crippen molar-refractivity contribution in [3.63, 3.8) is 0 Å². The zero-order valence-corrected chi connectivity index (χ0v) is 25.4. The van der Waals surface area contributed by atoms with Gasteiger partial charge in [-0.1, -0.05) is 38.1 Å². The molecule has 44 heavy (non-hydrogen) atoms. The Morgan fingerprint density at radius 3 is 2.30 bits per heavy atom. The van der Waals surface area contributed by atoms with Gasteiger partial charge >= 0.3 is 18.0 Å². The van der Waals surface area contributed by atoms with Crippen LogP contribution in [0.2, 0.25) is 0 Å². The lowest BCUT2D eigenvalue weighted by Gasteiger charge is -2.24.